The van der Waals surface area contributed by atoms with Gasteiger partial charge in [0.1, 0.15) is 0 Å². The first-order valence-electron chi connectivity index (χ1n) is 6.42. The molecule has 2 rings (SSSR count). The fraction of sp³-hybridized carbons (Fsp3) is 0.769. The van der Waals surface area contributed by atoms with Crippen molar-refractivity contribution < 1.29 is 5.11 Å². The Hall–Kier alpha value is -0.450. The lowest BCUT2D eigenvalue weighted by Gasteiger charge is -2.31. The zero-order valence-electron chi connectivity index (χ0n) is 10.7. The van der Waals surface area contributed by atoms with Crippen LogP contribution in [0.3, 0.4) is 0 Å². The van der Waals surface area contributed by atoms with Crippen LogP contribution in [0.5, 0.6) is 0 Å². The summed E-state index contributed by atoms with van der Waals surface area (Å²) in [6.45, 7) is 5.03. The molecule has 0 amide bonds. The minimum atomic E-state index is -0.643. The molecule has 1 aliphatic rings. The van der Waals surface area contributed by atoms with Crippen molar-refractivity contribution in [3.05, 3.63) is 16.1 Å². The lowest BCUT2D eigenvalue weighted by Crippen LogP contribution is -2.41. The van der Waals surface area contributed by atoms with Gasteiger partial charge in [-0.25, -0.2) is 4.98 Å². The summed E-state index contributed by atoms with van der Waals surface area (Å²) in [5.74, 6) is 0. The van der Waals surface area contributed by atoms with E-state index in [1.807, 2.05) is 13.8 Å². The van der Waals surface area contributed by atoms with Gasteiger partial charge in [0.25, 0.3) is 0 Å². The Balaban J connectivity index is 1.88. The molecule has 1 aromatic rings. The van der Waals surface area contributed by atoms with Gasteiger partial charge in [-0.05, 0) is 39.7 Å². The van der Waals surface area contributed by atoms with Crippen molar-refractivity contribution in [1.82, 2.24) is 10.3 Å². The first-order valence-corrected chi connectivity index (χ1v) is 7.30. The molecule has 2 N–H and O–H groups in total. The Morgan fingerprint density at radius 2 is 2.41 bits per heavy atom. The van der Waals surface area contributed by atoms with Gasteiger partial charge in [-0.1, -0.05) is 6.42 Å². The van der Waals surface area contributed by atoms with Gasteiger partial charge in [0.05, 0.1) is 16.3 Å². The molecule has 96 valence electrons. The van der Waals surface area contributed by atoms with Crippen LogP contribution in [0.15, 0.2) is 5.38 Å². The Morgan fingerprint density at radius 3 is 3.00 bits per heavy atom. The number of aryl methyl sites for hydroxylation is 1. The van der Waals surface area contributed by atoms with Crippen molar-refractivity contribution in [3.63, 3.8) is 0 Å². The van der Waals surface area contributed by atoms with Crippen molar-refractivity contribution in [2.24, 2.45) is 0 Å². The topological polar surface area (TPSA) is 45.2 Å². The fourth-order valence-corrected chi connectivity index (χ4v) is 3.19. The van der Waals surface area contributed by atoms with Gasteiger partial charge in [0, 0.05) is 17.8 Å². The minimum Gasteiger partial charge on any atom is -0.390 e. The van der Waals surface area contributed by atoms with Crippen LogP contribution in [-0.2, 0) is 6.42 Å². The smallest absolute Gasteiger partial charge is 0.0897 e. The molecule has 0 saturated carbocycles. The number of aromatic nitrogens is 1. The first-order chi connectivity index (χ1) is 8.05. The number of rotatable bonds is 4. The highest BCUT2D eigenvalue weighted by Crippen LogP contribution is 2.23. The van der Waals surface area contributed by atoms with E-state index in [4.69, 9.17) is 0 Å². The summed E-state index contributed by atoms with van der Waals surface area (Å²) in [6.07, 6.45) is 5.22. The van der Waals surface area contributed by atoms with Crippen molar-refractivity contribution >= 4 is 11.3 Å². The van der Waals surface area contributed by atoms with Gasteiger partial charge in [-0.15, -0.1) is 11.3 Å². The van der Waals surface area contributed by atoms with E-state index in [2.05, 4.69) is 15.7 Å². The summed E-state index contributed by atoms with van der Waals surface area (Å²) < 4.78 is 0. The van der Waals surface area contributed by atoms with Crippen LogP contribution < -0.4 is 5.32 Å². The number of nitrogens with one attached hydrogen (secondary N) is 1. The molecule has 2 heterocycles. The third-order valence-corrected chi connectivity index (χ3v) is 4.15. The monoisotopic (exact) mass is 254 g/mol. The number of hydrogen-bond acceptors (Lipinski definition) is 4. The normalized spacial score (nSPS) is 24.5. The Morgan fingerprint density at radius 1 is 1.59 bits per heavy atom. The summed E-state index contributed by atoms with van der Waals surface area (Å²) in [7, 11) is 0. The van der Waals surface area contributed by atoms with Crippen LogP contribution in [0.2, 0.25) is 0 Å². The van der Waals surface area contributed by atoms with Gasteiger partial charge < -0.3 is 10.4 Å². The van der Waals surface area contributed by atoms with Crippen LogP contribution in [0, 0.1) is 6.92 Å². The quantitative estimate of drug-likeness (QED) is 0.866. The number of aliphatic hydroxyl groups is 1. The molecule has 0 aromatic carbocycles. The zero-order chi connectivity index (χ0) is 12.3. The Bertz CT molecular complexity index is 356. The van der Waals surface area contributed by atoms with Crippen molar-refractivity contribution in [2.45, 2.75) is 57.6 Å². The zero-order valence-corrected chi connectivity index (χ0v) is 11.5. The SMILES string of the molecule is Cc1nc(CC(C)(O)CC2CCCCN2)cs1. The van der Waals surface area contributed by atoms with Crippen LogP contribution in [-0.4, -0.2) is 28.3 Å². The summed E-state index contributed by atoms with van der Waals surface area (Å²) in [5.41, 5.74) is 0.378. The molecule has 0 bridgehead atoms. The summed E-state index contributed by atoms with van der Waals surface area (Å²) in [4.78, 5) is 4.43. The number of hydrogen-bond donors (Lipinski definition) is 2. The third-order valence-electron chi connectivity index (χ3n) is 3.33. The molecule has 4 heteroatoms. The molecule has 1 aromatic heterocycles. The predicted octanol–water partition coefficient (Wildman–Crippen LogP) is 2.28. The third kappa shape index (κ3) is 4.05. The molecular weight excluding hydrogens is 232 g/mol. The first kappa shape index (κ1) is 13.0. The highest BCUT2D eigenvalue weighted by atomic mass is 32.1. The highest BCUT2D eigenvalue weighted by Gasteiger charge is 2.27. The van der Waals surface area contributed by atoms with E-state index in [-0.39, 0.29) is 0 Å². The van der Waals surface area contributed by atoms with Crippen LogP contribution >= 0.6 is 11.3 Å². The molecule has 17 heavy (non-hydrogen) atoms. The van der Waals surface area contributed by atoms with Gasteiger partial charge in [-0.3, -0.25) is 0 Å². The molecular formula is C13H22N2OS. The molecule has 1 saturated heterocycles. The summed E-state index contributed by atoms with van der Waals surface area (Å²) >= 11 is 1.65. The predicted molar refractivity (Wildman–Crippen MR) is 71.4 cm³/mol. The molecule has 0 aliphatic carbocycles. The van der Waals surface area contributed by atoms with Gasteiger partial charge in [-0.2, -0.15) is 0 Å². The molecule has 0 radical (unpaired) electrons. The van der Waals surface area contributed by atoms with E-state index in [9.17, 15) is 5.11 Å². The Labute approximate surface area is 107 Å². The van der Waals surface area contributed by atoms with Crippen LogP contribution in [0.25, 0.3) is 0 Å². The summed E-state index contributed by atoms with van der Waals surface area (Å²) in [5, 5.41) is 17.1. The number of nitrogens with zero attached hydrogens (tertiary/aromatic N) is 1. The average molecular weight is 254 g/mol. The number of piperidine rings is 1. The molecule has 2 atom stereocenters. The largest absolute Gasteiger partial charge is 0.390 e. The van der Waals surface area contributed by atoms with E-state index < -0.39 is 5.60 Å². The molecule has 1 fully saturated rings. The maximum Gasteiger partial charge on any atom is 0.0897 e. The van der Waals surface area contributed by atoms with Gasteiger partial charge in [0.2, 0.25) is 0 Å². The van der Waals surface area contributed by atoms with E-state index >= 15 is 0 Å². The fourth-order valence-electron chi connectivity index (χ4n) is 2.58. The highest BCUT2D eigenvalue weighted by molar-refractivity contribution is 7.09. The van der Waals surface area contributed by atoms with Crippen molar-refractivity contribution in [3.8, 4) is 0 Å². The Kier molecular flexibility index (Phi) is 4.17. The van der Waals surface area contributed by atoms with Gasteiger partial charge >= 0.3 is 0 Å². The second-order valence-electron chi connectivity index (χ2n) is 5.38. The van der Waals surface area contributed by atoms with Crippen molar-refractivity contribution in [1.29, 1.82) is 0 Å². The van der Waals surface area contributed by atoms with Gasteiger partial charge in [0.15, 0.2) is 0 Å². The molecule has 3 nitrogen and oxygen atoms in total. The van der Waals surface area contributed by atoms with E-state index in [1.54, 1.807) is 11.3 Å². The maximum absolute atomic E-state index is 10.5. The second-order valence-corrected chi connectivity index (χ2v) is 6.44. The molecule has 0 spiro atoms. The van der Waals surface area contributed by atoms with Crippen LogP contribution in [0.1, 0.15) is 43.3 Å². The number of thiazole rings is 1. The molecule has 2 unspecified atom stereocenters. The standard InChI is InChI=1S/C13H22N2OS/c1-10-15-12(9-17-10)8-13(2,16)7-11-5-3-4-6-14-11/h9,11,14,16H,3-8H2,1-2H3. The molecule has 1 aliphatic heterocycles. The van der Waals surface area contributed by atoms with Crippen LogP contribution in [0.4, 0.5) is 0 Å². The second kappa shape index (κ2) is 5.46. The summed E-state index contributed by atoms with van der Waals surface area (Å²) in [6, 6.07) is 0.471. The van der Waals surface area contributed by atoms with Crippen molar-refractivity contribution in [2.75, 3.05) is 6.54 Å². The maximum atomic E-state index is 10.5. The van der Waals surface area contributed by atoms with E-state index in [0.717, 1.165) is 23.7 Å². The lowest BCUT2D eigenvalue weighted by molar-refractivity contribution is 0.0364. The van der Waals surface area contributed by atoms with E-state index in [0.29, 0.717) is 12.5 Å². The lowest BCUT2D eigenvalue weighted by atomic mass is 9.89. The minimum absolute atomic E-state index is 0.471. The average Bonchev–Trinajstić information content (AvgIpc) is 2.63. The van der Waals surface area contributed by atoms with E-state index in [1.165, 1.54) is 19.3 Å².